The number of nitrogens with zero attached hydrogens (tertiary/aromatic N) is 3. The van der Waals surface area contributed by atoms with Crippen molar-refractivity contribution in [3.8, 4) is 16.9 Å². The van der Waals surface area contributed by atoms with Gasteiger partial charge in [-0.25, -0.2) is 4.68 Å². The Bertz CT molecular complexity index is 928. The zero-order valence-corrected chi connectivity index (χ0v) is 12.7. The van der Waals surface area contributed by atoms with Gasteiger partial charge in [0.1, 0.15) is 0 Å². The van der Waals surface area contributed by atoms with Crippen molar-refractivity contribution < 1.29 is 4.92 Å². The quantitative estimate of drug-likeness (QED) is 0.533. The third-order valence-electron chi connectivity index (χ3n) is 4.36. The van der Waals surface area contributed by atoms with Crippen LogP contribution >= 0.6 is 0 Å². The highest BCUT2D eigenvalue weighted by Gasteiger charge is 2.20. The number of nitro groups is 1. The maximum Gasteiger partial charge on any atom is 0.269 e. The van der Waals surface area contributed by atoms with Crippen molar-refractivity contribution in [3.05, 3.63) is 75.5 Å². The molecule has 5 heteroatoms. The molecule has 0 saturated heterocycles. The Balaban J connectivity index is 1.82. The van der Waals surface area contributed by atoms with Crippen LogP contribution in [0.25, 0.3) is 16.9 Å². The molecule has 114 valence electrons. The smallest absolute Gasteiger partial charge is 0.258 e. The minimum Gasteiger partial charge on any atom is -0.258 e. The van der Waals surface area contributed by atoms with Gasteiger partial charge in [0.15, 0.2) is 0 Å². The molecule has 1 aromatic heterocycles. The van der Waals surface area contributed by atoms with Crippen LogP contribution in [0, 0.1) is 17.0 Å². The summed E-state index contributed by atoms with van der Waals surface area (Å²) in [5.41, 5.74) is 6.58. The van der Waals surface area contributed by atoms with Crippen LogP contribution in [0.15, 0.2) is 48.7 Å². The molecule has 2 aromatic carbocycles. The van der Waals surface area contributed by atoms with E-state index in [2.05, 4.69) is 18.2 Å². The largest absolute Gasteiger partial charge is 0.269 e. The molecule has 0 saturated carbocycles. The van der Waals surface area contributed by atoms with Gasteiger partial charge >= 0.3 is 0 Å². The molecule has 0 spiro atoms. The van der Waals surface area contributed by atoms with Crippen molar-refractivity contribution in [2.24, 2.45) is 0 Å². The van der Waals surface area contributed by atoms with Crippen LogP contribution < -0.4 is 0 Å². The van der Waals surface area contributed by atoms with Gasteiger partial charge in [0.05, 0.1) is 16.3 Å². The molecular formula is C18H15N3O2. The van der Waals surface area contributed by atoms with Crippen LogP contribution in [0.5, 0.6) is 0 Å². The Hall–Kier alpha value is -2.95. The lowest BCUT2D eigenvalue weighted by atomic mass is 9.91. The first kappa shape index (κ1) is 13.7. The number of fused-ring (bicyclic) bond motifs is 3. The second kappa shape index (κ2) is 5.05. The Morgan fingerprint density at radius 3 is 2.70 bits per heavy atom. The van der Waals surface area contributed by atoms with E-state index in [9.17, 15) is 10.1 Å². The van der Waals surface area contributed by atoms with Crippen LogP contribution in [0.2, 0.25) is 0 Å². The van der Waals surface area contributed by atoms with Crippen molar-refractivity contribution in [3.63, 3.8) is 0 Å². The molecule has 1 aliphatic carbocycles. The zero-order chi connectivity index (χ0) is 16.0. The lowest BCUT2D eigenvalue weighted by Crippen LogP contribution is -2.02. The summed E-state index contributed by atoms with van der Waals surface area (Å²) in [5.74, 6) is 0. The van der Waals surface area contributed by atoms with E-state index in [1.54, 1.807) is 12.1 Å². The van der Waals surface area contributed by atoms with Gasteiger partial charge in [0.2, 0.25) is 0 Å². The second-order valence-corrected chi connectivity index (χ2v) is 5.83. The monoisotopic (exact) mass is 305 g/mol. The molecule has 0 radical (unpaired) electrons. The zero-order valence-electron chi connectivity index (χ0n) is 12.7. The molecule has 3 aromatic rings. The van der Waals surface area contributed by atoms with Gasteiger partial charge in [0, 0.05) is 23.9 Å². The normalized spacial score (nSPS) is 12.6. The molecular weight excluding hydrogens is 290 g/mol. The number of nitro benzene ring substituents is 1. The summed E-state index contributed by atoms with van der Waals surface area (Å²) in [6.45, 7) is 1.87. The predicted octanol–water partition coefficient (Wildman–Crippen LogP) is 3.85. The highest BCUT2D eigenvalue weighted by molar-refractivity contribution is 5.69. The molecule has 1 heterocycles. The van der Waals surface area contributed by atoms with Gasteiger partial charge in [-0.15, -0.1) is 0 Å². The molecule has 0 atom stereocenters. The molecule has 0 amide bonds. The number of benzene rings is 2. The predicted molar refractivity (Wildman–Crippen MR) is 87.8 cm³/mol. The van der Waals surface area contributed by atoms with Gasteiger partial charge in [-0.05, 0) is 42.5 Å². The van der Waals surface area contributed by atoms with Gasteiger partial charge in [0.25, 0.3) is 5.69 Å². The number of aromatic nitrogens is 2. The van der Waals surface area contributed by atoms with Gasteiger partial charge in [-0.2, -0.15) is 5.10 Å². The third-order valence-corrected chi connectivity index (χ3v) is 4.36. The molecule has 4 rings (SSSR count). The van der Waals surface area contributed by atoms with E-state index < -0.39 is 0 Å². The molecule has 0 bridgehead atoms. The summed E-state index contributed by atoms with van der Waals surface area (Å²) in [4.78, 5) is 10.5. The van der Waals surface area contributed by atoms with Crippen LogP contribution in [0.1, 0.15) is 16.7 Å². The van der Waals surface area contributed by atoms with E-state index in [4.69, 9.17) is 5.10 Å². The van der Waals surface area contributed by atoms with Crippen LogP contribution in [0.3, 0.4) is 0 Å². The standard InChI is InChI=1S/C18H15N3O2/c1-12-10-15(21(22)23)8-9-17(12)20-11-14-7-6-13-4-2-3-5-16(13)18(14)19-20/h2-5,8-11H,6-7H2,1H3. The number of non-ortho nitro benzene ring substituents is 1. The van der Waals surface area contributed by atoms with Crippen molar-refractivity contribution >= 4 is 5.69 Å². The Labute approximate surface area is 133 Å². The number of rotatable bonds is 2. The van der Waals surface area contributed by atoms with Crippen molar-refractivity contribution in [1.29, 1.82) is 0 Å². The summed E-state index contributed by atoms with van der Waals surface area (Å²) in [5, 5.41) is 15.6. The minimum absolute atomic E-state index is 0.105. The average Bonchev–Trinajstić information content (AvgIpc) is 2.99. The fourth-order valence-corrected chi connectivity index (χ4v) is 3.19. The van der Waals surface area contributed by atoms with Crippen LogP contribution in [-0.2, 0) is 12.8 Å². The molecule has 1 aliphatic rings. The SMILES string of the molecule is Cc1cc([N+](=O)[O-])ccc1-n1cc2c(n1)-c1ccccc1CC2. The van der Waals surface area contributed by atoms with Crippen molar-refractivity contribution in [2.45, 2.75) is 19.8 Å². The van der Waals surface area contributed by atoms with Gasteiger partial charge < -0.3 is 0 Å². The average molecular weight is 305 g/mol. The van der Waals surface area contributed by atoms with E-state index >= 15 is 0 Å². The fraction of sp³-hybridized carbons (Fsp3) is 0.167. The summed E-state index contributed by atoms with van der Waals surface area (Å²) in [7, 11) is 0. The Kier molecular flexibility index (Phi) is 3.01. The van der Waals surface area contributed by atoms with Gasteiger partial charge in [-0.3, -0.25) is 10.1 Å². The summed E-state index contributed by atoms with van der Waals surface area (Å²) in [6.07, 6.45) is 4.03. The molecule has 0 aliphatic heterocycles. The number of aryl methyl sites for hydroxylation is 3. The maximum absolute atomic E-state index is 10.9. The fourth-order valence-electron chi connectivity index (χ4n) is 3.19. The molecule has 0 unspecified atom stereocenters. The van der Waals surface area contributed by atoms with Crippen LogP contribution in [0.4, 0.5) is 5.69 Å². The highest BCUT2D eigenvalue weighted by Crippen LogP contribution is 2.33. The lowest BCUT2D eigenvalue weighted by molar-refractivity contribution is -0.384. The first-order valence-electron chi connectivity index (χ1n) is 7.56. The molecule has 23 heavy (non-hydrogen) atoms. The Morgan fingerprint density at radius 2 is 1.91 bits per heavy atom. The summed E-state index contributed by atoms with van der Waals surface area (Å²) in [6, 6.07) is 13.2. The van der Waals surface area contributed by atoms with E-state index in [1.807, 2.05) is 23.9 Å². The first-order chi connectivity index (χ1) is 11.1. The summed E-state index contributed by atoms with van der Waals surface area (Å²) >= 11 is 0. The van der Waals surface area contributed by atoms with E-state index in [1.165, 1.54) is 22.8 Å². The first-order valence-corrected chi connectivity index (χ1v) is 7.56. The minimum atomic E-state index is -0.374. The lowest BCUT2D eigenvalue weighted by Gasteiger charge is -2.13. The van der Waals surface area contributed by atoms with E-state index in [0.29, 0.717) is 0 Å². The topological polar surface area (TPSA) is 61.0 Å². The van der Waals surface area contributed by atoms with Crippen molar-refractivity contribution in [1.82, 2.24) is 9.78 Å². The third kappa shape index (κ3) is 2.21. The second-order valence-electron chi connectivity index (χ2n) is 5.83. The summed E-state index contributed by atoms with van der Waals surface area (Å²) < 4.78 is 1.84. The molecule has 0 N–H and O–H groups in total. The molecule has 5 nitrogen and oxygen atoms in total. The van der Waals surface area contributed by atoms with Crippen molar-refractivity contribution in [2.75, 3.05) is 0 Å². The van der Waals surface area contributed by atoms with E-state index in [-0.39, 0.29) is 10.6 Å². The van der Waals surface area contributed by atoms with Crippen LogP contribution in [-0.4, -0.2) is 14.7 Å². The van der Waals surface area contributed by atoms with E-state index in [0.717, 1.165) is 29.8 Å². The maximum atomic E-state index is 10.9. The number of hydrogen-bond acceptors (Lipinski definition) is 3. The number of hydrogen-bond donors (Lipinski definition) is 0. The highest BCUT2D eigenvalue weighted by atomic mass is 16.6. The Morgan fingerprint density at radius 1 is 1.13 bits per heavy atom. The van der Waals surface area contributed by atoms with Gasteiger partial charge in [-0.1, -0.05) is 24.3 Å². The molecule has 0 fully saturated rings.